The number of nitrogens with zero attached hydrogens (tertiary/aromatic N) is 1. The second-order valence-corrected chi connectivity index (χ2v) is 3.34. The minimum absolute atomic E-state index is 0.386. The minimum Gasteiger partial charge on any atom is -0.478 e. The molecule has 1 aromatic heterocycles. The molecule has 0 fully saturated rings. The number of carbonyl (C=O) groups is 1. The summed E-state index contributed by atoms with van der Waals surface area (Å²) in [5.74, 6) is -0.855. The summed E-state index contributed by atoms with van der Waals surface area (Å²) < 4.78 is 0. The molecular weight excluding hydrogens is 166 g/mol. The maximum Gasteiger partial charge on any atom is 0.337 e. The van der Waals surface area contributed by atoms with Crippen LogP contribution in [-0.4, -0.2) is 16.1 Å². The Bertz CT molecular complexity index is 347. The van der Waals surface area contributed by atoms with Crippen LogP contribution in [0, 0.1) is 0 Å². The number of hydrogen-bond acceptors (Lipinski definition) is 2. The Kier molecular flexibility index (Phi) is 2.00. The first-order chi connectivity index (χ1) is 6.29. The Hall–Kier alpha value is -1.38. The van der Waals surface area contributed by atoms with Gasteiger partial charge in [0.25, 0.3) is 0 Å². The Balaban J connectivity index is 2.52. The molecule has 68 valence electrons. The zero-order chi connectivity index (χ0) is 9.26. The van der Waals surface area contributed by atoms with Gasteiger partial charge in [0.05, 0.1) is 5.56 Å². The molecule has 3 heteroatoms. The summed E-state index contributed by atoms with van der Waals surface area (Å²) >= 11 is 0. The lowest BCUT2D eigenvalue weighted by molar-refractivity contribution is 0.0695. The minimum atomic E-state index is -0.855. The van der Waals surface area contributed by atoms with E-state index in [4.69, 9.17) is 5.11 Å². The van der Waals surface area contributed by atoms with Gasteiger partial charge in [-0.2, -0.15) is 0 Å². The maximum atomic E-state index is 10.8. The predicted molar refractivity (Wildman–Crippen MR) is 47.8 cm³/mol. The van der Waals surface area contributed by atoms with Gasteiger partial charge in [-0.15, -0.1) is 0 Å². The van der Waals surface area contributed by atoms with Crippen LogP contribution in [0.5, 0.6) is 0 Å². The third-order valence-corrected chi connectivity index (χ3v) is 2.50. The summed E-state index contributed by atoms with van der Waals surface area (Å²) in [6.45, 7) is 0. The molecule has 0 aliphatic heterocycles. The van der Waals surface area contributed by atoms with E-state index in [1.165, 1.54) is 6.20 Å². The Labute approximate surface area is 76.4 Å². The topological polar surface area (TPSA) is 50.2 Å². The van der Waals surface area contributed by atoms with Crippen molar-refractivity contribution in [1.82, 2.24) is 4.98 Å². The van der Waals surface area contributed by atoms with E-state index < -0.39 is 5.97 Å². The van der Waals surface area contributed by atoms with Gasteiger partial charge in [0.15, 0.2) is 0 Å². The molecule has 1 aliphatic carbocycles. The highest BCUT2D eigenvalue weighted by molar-refractivity contribution is 5.89. The molecule has 1 N–H and O–H groups in total. The lowest BCUT2D eigenvalue weighted by Crippen LogP contribution is -2.10. The molecule has 0 saturated heterocycles. The van der Waals surface area contributed by atoms with Gasteiger partial charge in [-0.1, -0.05) is 0 Å². The molecule has 0 saturated carbocycles. The molecule has 0 amide bonds. The number of aromatic carboxylic acids is 1. The van der Waals surface area contributed by atoms with E-state index in [9.17, 15) is 4.79 Å². The van der Waals surface area contributed by atoms with E-state index in [1.807, 2.05) is 0 Å². The lowest BCUT2D eigenvalue weighted by atomic mass is 9.90. The van der Waals surface area contributed by atoms with Crippen LogP contribution in [0.1, 0.15) is 34.3 Å². The van der Waals surface area contributed by atoms with Gasteiger partial charge in [0.1, 0.15) is 0 Å². The van der Waals surface area contributed by atoms with E-state index >= 15 is 0 Å². The Morgan fingerprint density at radius 3 is 2.85 bits per heavy atom. The van der Waals surface area contributed by atoms with Crippen LogP contribution in [0.25, 0.3) is 0 Å². The van der Waals surface area contributed by atoms with E-state index in [-0.39, 0.29) is 0 Å². The number of carboxylic acid groups (broad SMARTS) is 1. The number of pyridine rings is 1. The van der Waals surface area contributed by atoms with E-state index in [1.54, 1.807) is 6.20 Å². The first-order valence-electron chi connectivity index (χ1n) is 4.48. The van der Waals surface area contributed by atoms with Crippen molar-refractivity contribution in [3.8, 4) is 0 Å². The number of fused-ring (bicyclic) bond motifs is 1. The number of rotatable bonds is 1. The van der Waals surface area contributed by atoms with Crippen molar-refractivity contribution in [1.29, 1.82) is 0 Å². The molecule has 1 aromatic rings. The average molecular weight is 177 g/mol. The van der Waals surface area contributed by atoms with Crippen LogP contribution in [0.2, 0.25) is 0 Å². The fraction of sp³-hybridized carbons (Fsp3) is 0.400. The second kappa shape index (κ2) is 3.17. The first-order valence-corrected chi connectivity index (χ1v) is 4.48. The van der Waals surface area contributed by atoms with Gasteiger partial charge in [-0.3, -0.25) is 4.98 Å². The smallest absolute Gasteiger partial charge is 0.337 e. The third-order valence-electron chi connectivity index (χ3n) is 2.50. The molecule has 0 unspecified atom stereocenters. The number of hydrogen-bond donors (Lipinski definition) is 1. The lowest BCUT2D eigenvalue weighted by Gasteiger charge is -2.16. The molecule has 3 nitrogen and oxygen atoms in total. The quantitative estimate of drug-likeness (QED) is 0.709. The molecule has 1 aliphatic rings. The first kappa shape index (κ1) is 8.23. The van der Waals surface area contributed by atoms with Gasteiger partial charge in [-0.05, 0) is 36.8 Å². The maximum absolute atomic E-state index is 10.8. The largest absolute Gasteiger partial charge is 0.478 e. The van der Waals surface area contributed by atoms with Crippen LogP contribution in [0.3, 0.4) is 0 Å². The highest BCUT2D eigenvalue weighted by atomic mass is 16.4. The van der Waals surface area contributed by atoms with Crippen molar-refractivity contribution in [2.75, 3.05) is 0 Å². The van der Waals surface area contributed by atoms with Crippen molar-refractivity contribution in [3.05, 3.63) is 29.1 Å². The van der Waals surface area contributed by atoms with Gasteiger partial charge < -0.3 is 5.11 Å². The third kappa shape index (κ3) is 1.41. The van der Waals surface area contributed by atoms with Crippen molar-refractivity contribution < 1.29 is 9.90 Å². The Morgan fingerprint density at radius 1 is 1.31 bits per heavy atom. The normalized spacial score (nSPS) is 15.1. The predicted octanol–water partition coefficient (Wildman–Crippen LogP) is 1.66. The molecular formula is C10H11NO2. The standard InChI is InChI=1S/C10H11NO2/c12-10(13)9-6-11-5-7-3-1-2-4-8(7)9/h5-6H,1-4H2,(H,12,13). The van der Waals surface area contributed by atoms with E-state index in [0.717, 1.165) is 36.8 Å². The fourth-order valence-electron chi connectivity index (χ4n) is 1.84. The fourth-order valence-corrected chi connectivity index (χ4v) is 1.84. The Morgan fingerprint density at radius 2 is 2.08 bits per heavy atom. The SMILES string of the molecule is O=C(O)c1cncc2c1CCCC2. The van der Waals surface area contributed by atoms with Crippen LogP contribution in [0.15, 0.2) is 12.4 Å². The van der Waals surface area contributed by atoms with E-state index in [0.29, 0.717) is 5.56 Å². The summed E-state index contributed by atoms with van der Waals surface area (Å²) in [6.07, 6.45) is 7.35. The van der Waals surface area contributed by atoms with Crippen LogP contribution in [-0.2, 0) is 12.8 Å². The van der Waals surface area contributed by atoms with E-state index in [2.05, 4.69) is 4.98 Å². The number of aromatic nitrogens is 1. The number of aryl methyl sites for hydroxylation is 1. The molecule has 0 atom stereocenters. The molecule has 0 aromatic carbocycles. The average Bonchev–Trinajstić information content (AvgIpc) is 2.17. The summed E-state index contributed by atoms with van der Waals surface area (Å²) in [7, 11) is 0. The summed E-state index contributed by atoms with van der Waals surface area (Å²) in [5, 5.41) is 8.90. The summed E-state index contributed by atoms with van der Waals surface area (Å²) in [6, 6.07) is 0. The van der Waals surface area contributed by atoms with Gasteiger partial charge in [0.2, 0.25) is 0 Å². The highest BCUT2D eigenvalue weighted by Crippen LogP contribution is 2.23. The second-order valence-electron chi connectivity index (χ2n) is 3.34. The summed E-state index contributed by atoms with van der Waals surface area (Å²) in [4.78, 5) is 14.8. The van der Waals surface area contributed by atoms with Gasteiger partial charge >= 0.3 is 5.97 Å². The highest BCUT2D eigenvalue weighted by Gasteiger charge is 2.16. The van der Waals surface area contributed by atoms with Crippen molar-refractivity contribution in [2.24, 2.45) is 0 Å². The number of carboxylic acids is 1. The summed E-state index contributed by atoms with van der Waals surface area (Å²) in [5.41, 5.74) is 2.50. The molecule has 1 heterocycles. The van der Waals surface area contributed by atoms with Crippen molar-refractivity contribution in [3.63, 3.8) is 0 Å². The van der Waals surface area contributed by atoms with Crippen LogP contribution in [0.4, 0.5) is 0 Å². The van der Waals surface area contributed by atoms with Gasteiger partial charge in [-0.25, -0.2) is 4.79 Å². The van der Waals surface area contributed by atoms with Crippen LogP contribution >= 0.6 is 0 Å². The van der Waals surface area contributed by atoms with Gasteiger partial charge in [0, 0.05) is 12.4 Å². The zero-order valence-electron chi connectivity index (χ0n) is 7.29. The van der Waals surface area contributed by atoms with Crippen LogP contribution < -0.4 is 0 Å². The monoisotopic (exact) mass is 177 g/mol. The van der Waals surface area contributed by atoms with Crippen molar-refractivity contribution >= 4 is 5.97 Å². The molecule has 0 bridgehead atoms. The molecule has 2 rings (SSSR count). The molecule has 13 heavy (non-hydrogen) atoms. The molecule has 0 radical (unpaired) electrons. The molecule has 0 spiro atoms. The van der Waals surface area contributed by atoms with Crippen molar-refractivity contribution in [2.45, 2.75) is 25.7 Å². The zero-order valence-corrected chi connectivity index (χ0v) is 7.29.